The van der Waals surface area contributed by atoms with Crippen molar-refractivity contribution in [2.24, 2.45) is 0 Å². The highest BCUT2D eigenvalue weighted by Gasteiger charge is 2.19. The highest BCUT2D eigenvalue weighted by Crippen LogP contribution is 2.20. The fourth-order valence-corrected chi connectivity index (χ4v) is 3.24. The molecular formula is C21H20N6O3. The van der Waals surface area contributed by atoms with Crippen LogP contribution in [-0.2, 0) is 17.6 Å². The average molecular weight is 404 g/mol. The standard InChI is InChI=1S/C21H20N6O3/c28-18(11-10-16-20(29)25-21(30)27-26-16)22-17(12-13-6-2-1-3-7-13)19-23-14-8-4-5-9-15(14)24-19/h1-9,17H,10-12H2,(H,22,28)(H,23,24)(H2,25,27,29,30)/t17-/m0/s1. The molecule has 0 aliphatic heterocycles. The molecule has 4 N–H and O–H groups in total. The number of rotatable bonds is 7. The van der Waals surface area contributed by atoms with Gasteiger partial charge in [-0.25, -0.2) is 14.9 Å². The van der Waals surface area contributed by atoms with E-state index in [1.165, 1.54) is 0 Å². The first kappa shape index (κ1) is 19.3. The number of hydrogen-bond donors (Lipinski definition) is 4. The van der Waals surface area contributed by atoms with Gasteiger partial charge in [0.15, 0.2) is 0 Å². The Labute approximate surface area is 170 Å². The number of carbonyl (C=O) groups excluding carboxylic acids is 1. The zero-order chi connectivity index (χ0) is 20.9. The van der Waals surface area contributed by atoms with E-state index in [1.54, 1.807) is 0 Å². The van der Waals surface area contributed by atoms with Gasteiger partial charge in [-0.05, 0) is 24.1 Å². The minimum atomic E-state index is -0.680. The Balaban J connectivity index is 1.52. The molecule has 4 aromatic rings. The molecule has 0 bridgehead atoms. The van der Waals surface area contributed by atoms with Gasteiger partial charge >= 0.3 is 5.69 Å². The molecule has 0 radical (unpaired) electrons. The van der Waals surface area contributed by atoms with Crippen molar-refractivity contribution in [2.75, 3.05) is 0 Å². The zero-order valence-electron chi connectivity index (χ0n) is 16.0. The van der Waals surface area contributed by atoms with Crippen molar-refractivity contribution in [3.63, 3.8) is 0 Å². The first-order valence-electron chi connectivity index (χ1n) is 9.54. The summed E-state index contributed by atoms with van der Waals surface area (Å²) in [6, 6.07) is 17.1. The molecule has 2 aromatic carbocycles. The Morgan fingerprint density at radius 2 is 1.77 bits per heavy atom. The molecule has 0 fully saturated rings. The Hall–Kier alpha value is -4.01. The number of aromatic amines is 3. The number of aryl methyl sites for hydroxylation is 1. The van der Waals surface area contributed by atoms with Crippen molar-refractivity contribution in [2.45, 2.75) is 25.3 Å². The van der Waals surface area contributed by atoms with Crippen LogP contribution in [0.3, 0.4) is 0 Å². The van der Waals surface area contributed by atoms with Gasteiger partial charge < -0.3 is 10.3 Å². The number of amides is 1. The molecule has 30 heavy (non-hydrogen) atoms. The number of imidazole rings is 1. The van der Waals surface area contributed by atoms with Gasteiger partial charge in [-0.3, -0.25) is 14.6 Å². The van der Waals surface area contributed by atoms with E-state index in [-0.39, 0.29) is 30.5 Å². The van der Waals surface area contributed by atoms with Gasteiger partial charge in [0, 0.05) is 12.8 Å². The Morgan fingerprint density at radius 1 is 1.00 bits per heavy atom. The molecule has 1 amide bonds. The van der Waals surface area contributed by atoms with E-state index >= 15 is 0 Å². The van der Waals surface area contributed by atoms with Crippen molar-refractivity contribution < 1.29 is 4.79 Å². The van der Waals surface area contributed by atoms with E-state index in [9.17, 15) is 14.4 Å². The third kappa shape index (κ3) is 4.52. The van der Waals surface area contributed by atoms with Gasteiger partial charge in [0.1, 0.15) is 11.5 Å². The number of H-pyrrole nitrogens is 3. The first-order chi connectivity index (χ1) is 14.6. The molecule has 1 atom stereocenters. The number of aromatic nitrogens is 5. The predicted octanol–water partition coefficient (Wildman–Crippen LogP) is 1.37. The topological polar surface area (TPSA) is 136 Å². The van der Waals surface area contributed by atoms with Gasteiger partial charge in [-0.1, -0.05) is 42.5 Å². The van der Waals surface area contributed by atoms with Gasteiger partial charge in [-0.15, -0.1) is 0 Å². The molecule has 0 saturated carbocycles. The second kappa shape index (κ2) is 8.56. The SMILES string of the molecule is O=C(CCc1n[nH]c(=O)[nH]c1=O)N[C@@H](Cc1ccccc1)c1nc2ccccc2[nH]1. The summed E-state index contributed by atoms with van der Waals surface area (Å²) in [6.45, 7) is 0. The van der Waals surface area contributed by atoms with E-state index < -0.39 is 11.2 Å². The fraction of sp³-hybridized carbons (Fsp3) is 0.190. The van der Waals surface area contributed by atoms with E-state index in [0.717, 1.165) is 16.6 Å². The third-order valence-corrected chi connectivity index (χ3v) is 4.73. The largest absolute Gasteiger partial charge is 0.346 e. The monoisotopic (exact) mass is 404 g/mol. The quantitative estimate of drug-likeness (QED) is 0.369. The van der Waals surface area contributed by atoms with Crippen LogP contribution in [0.15, 0.2) is 64.2 Å². The van der Waals surface area contributed by atoms with Crippen molar-refractivity contribution in [3.8, 4) is 0 Å². The third-order valence-electron chi connectivity index (χ3n) is 4.73. The van der Waals surface area contributed by atoms with Crippen LogP contribution in [0.4, 0.5) is 0 Å². The van der Waals surface area contributed by atoms with Crippen molar-refractivity contribution in [3.05, 3.63) is 92.5 Å². The number of fused-ring (bicyclic) bond motifs is 1. The summed E-state index contributed by atoms with van der Waals surface area (Å²) in [6.07, 6.45) is 0.716. The molecule has 0 saturated heterocycles. The van der Waals surface area contributed by atoms with Crippen LogP contribution < -0.4 is 16.6 Å². The second-order valence-corrected chi connectivity index (χ2v) is 6.90. The average Bonchev–Trinajstić information content (AvgIpc) is 3.18. The smallest absolute Gasteiger partial charge is 0.342 e. The molecule has 2 aromatic heterocycles. The lowest BCUT2D eigenvalue weighted by atomic mass is 10.0. The number of para-hydroxylation sites is 2. The lowest BCUT2D eigenvalue weighted by Gasteiger charge is -2.17. The van der Waals surface area contributed by atoms with Crippen LogP contribution in [0.5, 0.6) is 0 Å². The molecule has 0 aliphatic carbocycles. The van der Waals surface area contributed by atoms with Crippen LogP contribution >= 0.6 is 0 Å². The summed E-state index contributed by atoms with van der Waals surface area (Å²) < 4.78 is 0. The number of nitrogens with zero attached hydrogens (tertiary/aromatic N) is 2. The number of carbonyl (C=O) groups is 1. The minimum absolute atomic E-state index is 0.0492. The fourth-order valence-electron chi connectivity index (χ4n) is 3.24. The summed E-state index contributed by atoms with van der Waals surface area (Å²) in [5.74, 6) is 0.414. The lowest BCUT2D eigenvalue weighted by molar-refractivity contribution is -0.121. The van der Waals surface area contributed by atoms with E-state index in [4.69, 9.17) is 0 Å². The second-order valence-electron chi connectivity index (χ2n) is 6.90. The molecule has 9 nitrogen and oxygen atoms in total. The maximum atomic E-state index is 12.6. The number of hydrogen-bond acceptors (Lipinski definition) is 5. The summed E-state index contributed by atoms with van der Waals surface area (Å²) in [5.41, 5.74) is 1.60. The highest BCUT2D eigenvalue weighted by molar-refractivity contribution is 5.77. The molecule has 0 aliphatic rings. The predicted molar refractivity (Wildman–Crippen MR) is 111 cm³/mol. The van der Waals surface area contributed by atoms with Crippen LogP contribution in [0, 0.1) is 0 Å². The van der Waals surface area contributed by atoms with Crippen LogP contribution in [0.1, 0.15) is 29.5 Å². The molecule has 152 valence electrons. The summed E-state index contributed by atoms with van der Waals surface area (Å²) in [7, 11) is 0. The van der Waals surface area contributed by atoms with Crippen LogP contribution in [0.25, 0.3) is 11.0 Å². The highest BCUT2D eigenvalue weighted by atomic mass is 16.2. The van der Waals surface area contributed by atoms with Crippen LogP contribution in [-0.4, -0.2) is 31.1 Å². The maximum Gasteiger partial charge on any atom is 0.342 e. The maximum absolute atomic E-state index is 12.6. The molecule has 4 rings (SSSR count). The van der Waals surface area contributed by atoms with Crippen molar-refractivity contribution in [1.82, 2.24) is 30.5 Å². The Bertz CT molecular complexity index is 1240. The first-order valence-corrected chi connectivity index (χ1v) is 9.54. The normalized spacial score (nSPS) is 12.0. The zero-order valence-corrected chi connectivity index (χ0v) is 16.0. The van der Waals surface area contributed by atoms with Crippen molar-refractivity contribution >= 4 is 16.9 Å². The molecule has 9 heteroatoms. The molecular weight excluding hydrogens is 384 g/mol. The van der Waals surface area contributed by atoms with E-state index in [2.05, 4.69) is 30.5 Å². The summed E-state index contributed by atoms with van der Waals surface area (Å²) >= 11 is 0. The van der Waals surface area contributed by atoms with Gasteiger partial charge in [0.05, 0.1) is 17.1 Å². The van der Waals surface area contributed by atoms with Gasteiger partial charge in [0.2, 0.25) is 5.91 Å². The van der Waals surface area contributed by atoms with Crippen molar-refractivity contribution in [1.29, 1.82) is 0 Å². The minimum Gasteiger partial charge on any atom is -0.346 e. The van der Waals surface area contributed by atoms with Gasteiger partial charge in [0.25, 0.3) is 5.56 Å². The van der Waals surface area contributed by atoms with Crippen LogP contribution in [0.2, 0.25) is 0 Å². The molecule has 0 spiro atoms. The summed E-state index contributed by atoms with van der Waals surface area (Å²) in [5, 5.41) is 8.87. The number of nitrogens with one attached hydrogen (secondary N) is 4. The van der Waals surface area contributed by atoms with E-state index in [0.29, 0.717) is 12.2 Å². The Kier molecular flexibility index (Phi) is 5.51. The molecule has 0 unspecified atom stereocenters. The number of benzene rings is 2. The lowest BCUT2D eigenvalue weighted by Crippen LogP contribution is -2.32. The van der Waals surface area contributed by atoms with E-state index in [1.807, 2.05) is 54.6 Å². The van der Waals surface area contributed by atoms with Gasteiger partial charge in [-0.2, -0.15) is 5.10 Å². The Morgan fingerprint density at radius 3 is 2.53 bits per heavy atom. The molecule has 2 heterocycles. The summed E-state index contributed by atoms with van der Waals surface area (Å²) in [4.78, 5) is 45.4.